The molecule has 148 valence electrons. The van der Waals surface area contributed by atoms with E-state index in [1.807, 2.05) is 0 Å². The summed E-state index contributed by atoms with van der Waals surface area (Å²) >= 11 is 0. The van der Waals surface area contributed by atoms with Gasteiger partial charge in [0.15, 0.2) is 0 Å². The van der Waals surface area contributed by atoms with Gasteiger partial charge in [0.25, 0.3) is 5.91 Å². The number of hydrogen-bond donors (Lipinski definition) is 1. The fourth-order valence-corrected chi connectivity index (χ4v) is 2.53. The molecule has 0 bridgehead atoms. The van der Waals surface area contributed by atoms with E-state index in [9.17, 15) is 18.8 Å². The van der Waals surface area contributed by atoms with Crippen LogP contribution in [0.5, 0.6) is 5.75 Å². The third-order valence-corrected chi connectivity index (χ3v) is 3.71. The number of hydrogen-bond acceptors (Lipinski definition) is 6. The second-order valence-electron chi connectivity index (χ2n) is 7.06. The van der Waals surface area contributed by atoms with Crippen LogP contribution >= 0.6 is 0 Å². The van der Waals surface area contributed by atoms with Gasteiger partial charge in [-0.15, -0.1) is 0 Å². The number of nitrogens with one attached hydrogen (secondary N) is 1. The molecule has 1 aliphatic rings. The molecule has 2 atom stereocenters. The number of methoxy groups -OCH3 is 1. The number of carbonyl (C=O) groups is 3. The molecule has 1 aliphatic heterocycles. The van der Waals surface area contributed by atoms with Gasteiger partial charge in [-0.05, 0) is 39.8 Å². The molecule has 2 amide bonds. The molecule has 0 radical (unpaired) electrons. The number of esters is 1. The minimum atomic E-state index is -1.15. The maximum absolute atomic E-state index is 13.7. The Bertz CT molecular complexity index is 746. The number of benzene rings is 1. The van der Waals surface area contributed by atoms with Crippen molar-refractivity contribution in [1.82, 2.24) is 5.32 Å². The molecule has 9 heteroatoms. The number of rotatable bonds is 3. The zero-order chi connectivity index (χ0) is 20.4. The number of halogens is 1. The van der Waals surface area contributed by atoms with Crippen LogP contribution in [0.15, 0.2) is 18.2 Å². The first kappa shape index (κ1) is 20.5. The van der Waals surface area contributed by atoms with Crippen molar-refractivity contribution in [3.8, 4) is 5.75 Å². The van der Waals surface area contributed by atoms with Crippen LogP contribution in [-0.2, 0) is 19.1 Å². The summed E-state index contributed by atoms with van der Waals surface area (Å²) < 4.78 is 29.3. The van der Waals surface area contributed by atoms with Crippen molar-refractivity contribution in [3.05, 3.63) is 24.0 Å². The van der Waals surface area contributed by atoms with Crippen LogP contribution in [0.4, 0.5) is 14.9 Å². The van der Waals surface area contributed by atoms with Gasteiger partial charge in [-0.25, -0.2) is 9.18 Å². The van der Waals surface area contributed by atoms with E-state index < -0.39 is 48.1 Å². The zero-order valence-electron chi connectivity index (χ0n) is 15.9. The summed E-state index contributed by atoms with van der Waals surface area (Å²) in [5, 5.41) is 2.46. The Morgan fingerprint density at radius 2 is 2.00 bits per heavy atom. The molecule has 8 nitrogen and oxygen atoms in total. The highest BCUT2D eigenvalue weighted by Gasteiger charge is 2.39. The van der Waals surface area contributed by atoms with Crippen molar-refractivity contribution in [1.29, 1.82) is 0 Å². The summed E-state index contributed by atoms with van der Waals surface area (Å²) in [6.07, 6.45) is -1.61. The highest BCUT2D eigenvalue weighted by Crippen LogP contribution is 2.34. The largest absolute Gasteiger partial charge is 0.486 e. The number of fused-ring (bicyclic) bond motifs is 1. The quantitative estimate of drug-likeness (QED) is 0.804. The monoisotopic (exact) mass is 382 g/mol. The summed E-state index contributed by atoms with van der Waals surface area (Å²) in [5.74, 6) is -1.76. The SMILES string of the molecule is COC(=O)CN1C(=O)[C@@H](NC(=O)OC(C)(C)C)[C@@H](C)Oc2ccc(F)cc21. The van der Waals surface area contributed by atoms with Crippen LogP contribution < -0.4 is 15.0 Å². The van der Waals surface area contributed by atoms with Gasteiger partial charge in [0.2, 0.25) is 0 Å². The van der Waals surface area contributed by atoms with Crippen molar-refractivity contribution in [2.24, 2.45) is 0 Å². The zero-order valence-corrected chi connectivity index (χ0v) is 15.9. The minimum absolute atomic E-state index is 0.0748. The van der Waals surface area contributed by atoms with Crippen LogP contribution in [0.1, 0.15) is 27.7 Å². The van der Waals surface area contributed by atoms with Gasteiger partial charge >= 0.3 is 12.1 Å². The smallest absolute Gasteiger partial charge is 0.408 e. The minimum Gasteiger partial charge on any atom is -0.486 e. The van der Waals surface area contributed by atoms with Gasteiger partial charge in [-0.3, -0.25) is 14.5 Å². The lowest BCUT2D eigenvalue weighted by Gasteiger charge is -2.27. The highest BCUT2D eigenvalue weighted by molar-refractivity contribution is 6.03. The lowest BCUT2D eigenvalue weighted by atomic mass is 10.1. The number of amides is 2. The molecule has 0 unspecified atom stereocenters. The lowest BCUT2D eigenvalue weighted by molar-refractivity contribution is -0.140. The van der Waals surface area contributed by atoms with E-state index in [0.29, 0.717) is 0 Å². The molecule has 0 aliphatic carbocycles. The van der Waals surface area contributed by atoms with Gasteiger partial charge in [0, 0.05) is 6.07 Å². The van der Waals surface area contributed by atoms with Crippen molar-refractivity contribution in [2.75, 3.05) is 18.6 Å². The first-order valence-electron chi connectivity index (χ1n) is 8.35. The fraction of sp³-hybridized carbons (Fsp3) is 0.500. The van der Waals surface area contributed by atoms with Gasteiger partial charge in [0.05, 0.1) is 12.8 Å². The summed E-state index contributed by atoms with van der Waals surface area (Å²) in [7, 11) is 1.17. The van der Waals surface area contributed by atoms with Crippen LogP contribution in [0.25, 0.3) is 0 Å². The number of nitrogens with zero attached hydrogens (tertiary/aromatic N) is 1. The van der Waals surface area contributed by atoms with Gasteiger partial charge in [-0.2, -0.15) is 0 Å². The van der Waals surface area contributed by atoms with Crippen LogP contribution in [0, 0.1) is 5.82 Å². The van der Waals surface area contributed by atoms with Crippen LogP contribution in [0.2, 0.25) is 0 Å². The van der Waals surface area contributed by atoms with Crippen LogP contribution in [0.3, 0.4) is 0 Å². The number of anilines is 1. The Hall–Kier alpha value is -2.84. The summed E-state index contributed by atoms with van der Waals surface area (Å²) in [6, 6.07) is 2.46. The highest BCUT2D eigenvalue weighted by atomic mass is 19.1. The molecule has 2 rings (SSSR count). The van der Waals surface area contributed by atoms with Crippen LogP contribution in [-0.4, -0.2) is 49.4 Å². The van der Waals surface area contributed by atoms with Crippen molar-refractivity contribution >= 4 is 23.7 Å². The molecule has 1 N–H and O–H groups in total. The molecule has 0 aromatic heterocycles. The number of alkyl carbamates (subject to hydrolysis) is 1. The molecule has 0 saturated carbocycles. The third-order valence-electron chi connectivity index (χ3n) is 3.71. The predicted molar refractivity (Wildman–Crippen MR) is 94.0 cm³/mol. The summed E-state index contributed by atoms with van der Waals surface area (Å²) in [5.41, 5.74) is -0.689. The number of carbonyl (C=O) groups excluding carboxylic acids is 3. The maximum Gasteiger partial charge on any atom is 0.408 e. The topological polar surface area (TPSA) is 94.2 Å². The summed E-state index contributed by atoms with van der Waals surface area (Å²) in [6.45, 7) is 6.17. The molecule has 1 aromatic rings. The summed E-state index contributed by atoms with van der Waals surface area (Å²) in [4.78, 5) is 38.0. The number of ether oxygens (including phenoxy) is 3. The molecule has 0 fully saturated rings. The first-order chi connectivity index (χ1) is 12.5. The molecule has 0 saturated heterocycles. The van der Waals surface area contributed by atoms with E-state index in [1.165, 1.54) is 19.2 Å². The second kappa shape index (κ2) is 7.81. The molecule has 0 spiro atoms. The Morgan fingerprint density at radius 3 is 2.59 bits per heavy atom. The Kier molecular flexibility index (Phi) is 5.92. The molecular weight excluding hydrogens is 359 g/mol. The Morgan fingerprint density at radius 1 is 1.33 bits per heavy atom. The average Bonchev–Trinajstić information content (AvgIpc) is 2.64. The molecule has 27 heavy (non-hydrogen) atoms. The standard InChI is InChI=1S/C18H23FN2O6/c1-10-15(20-17(24)27-18(2,3)4)16(23)21(9-14(22)25-5)12-8-11(19)6-7-13(12)26-10/h6-8,10,15H,9H2,1-5H3,(H,20,24)/t10-,15+/m1/s1. The lowest BCUT2D eigenvalue weighted by Crippen LogP contribution is -2.55. The van der Waals surface area contributed by atoms with E-state index >= 15 is 0 Å². The van der Waals surface area contributed by atoms with Gasteiger partial charge in [0.1, 0.15) is 35.9 Å². The third kappa shape index (κ3) is 5.08. The molecule has 1 aromatic carbocycles. The first-order valence-corrected chi connectivity index (χ1v) is 8.35. The predicted octanol–water partition coefficient (Wildman–Crippen LogP) is 2.01. The Labute approximate surface area is 156 Å². The van der Waals surface area contributed by atoms with Crippen molar-refractivity contribution in [3.63, 3.8) is 0 Å². The van der Waals surface area contributed by atoms with Gasteiger partial charge in [-0.1, -0.05) is 0 Å². The second-order valence-corrected chi connectivity index (χ2v) is 7.06. The maximum atomic E-state index is 13.7. The van der Waals surface area contributed by atoms with E-state index in [4.69, 9.17) is 9.47 Å². The van der Waals surface area contributed by atoms with E-state index in [2.05, 4.69) is 10.1 Å². The van der Waals surface area contributed by atoms with E-state index in [-0.39, 0.29) is 11.4 Å². The molecular formula is C18H23FN2O6. The average molecular weight is 382 g/mol. The van der Waals surface area contributed by atoms with Crippen molar-refractivity contribution < 1.29 is 33.0 Å². The Balaban J connectivity index is 2.37. The molecule has 1 heterocycles. The van der Waals surface area contributed by atoms with Gasteiger partial charge < -0.3 is 19.5 Å². The van der Waals surface area contributed by atoms with E-state index in [0.717, 1.165) is 11.0 Å². The van der Waals surface area contributed by atoms with E-state index in [1.54, 1.807) is 27.7 Å². The normalized spacial score (nSPS) is 19.5. The van der Waals surface area contributed by atoms with Crippen molar-refractivity contribution in [2.45, 2.75) is 45.4 Å². The fourth-order valence-electron chi connectivity index (χ4n) is 2.53.